The first-order valence-corrected chi connectivity index (χ1v) is 9.61. The minimum absolute atomic E-state index is 0.0697. The van der Waals surface area contributed by atoms with Crippen molar-refractivity contribution >= 4 is 21.4 Å². The number of sulfonamides is 1. The van der Waals surface area contributed by atoms with Crippen LogP contribution >= 0.6 is 11.3 Å². The van der Waals surface area contributed by atoms with Gasteiger partial charge in [0.25, 0.3) is 0 Å². The lowest BCUT2D eigenvalue weighted by Gasteiger charge is -2.34. The van der Waals surface area contributed by atoms with E-state index in [0.717, 1.165) is 17.0 Å². The Kier molecular flexibility index (Phi) is 5.43. The van der Waals surface area contributed by atoms with Crippen molar-refractivity contribution in [1.82, 2.24) is 9.62 Å². The van der Waals surface area contributed by atoms with Gasteiger partial charge in [0.15, 0.2) is 0 Å². The summed E-state index contributed by atoms with van der Waals surface area (Å²) in [5.74, 6) is 0. The molecule has 7 heteroatoms. The Morgan fingerprint density at radius 2 is 2.00 bits per heavy atom. The normalized spacial score (nSPS) is 24.4. The number of nitrogens with one attached hydrogen (secondary N) is 1. The molecule has 0 radical (unpaired) electrons. The van der Waals surface area contributed by atoms with Gasteiger partial charge in [0.1, 0.15) is 4.90 Å². The summed E-state index contributed by atoms with van der Waals surface area (Å²) in [6.45, 7) is 9.97. The molecule has 0 spiro atoms. The third kappa shape index (κ3) is 3.65. The molecule has 1 aromatic rings. The molecule has 1 N–H and O–H groups in total. The molecule has 2 atom stereocenters. The van der Waals surface area contributed by atoms with Gasteiger partial charge in [0.2, 0.25) is 10.0 Å². The van der Waals surface area contributed by atoms with Crippen molar-refractivity contribution in [3.63, 3.8) is 0 Å². The molecule has 120 valence electrons. The molecule has 2 rings (SSSR count). The van der Waals surface area contributed by atoms with Gasteiger partial charge in [-0.05, 0) is 38.3 Å². The van der Waals surface area contributed by atoms with Crippen LogP contribution in [0.25, 0.3) is 0 Å². The Morgan fingerprint density at radius 1 is 1.38 bits per heavy atom. The van der Waals surface area contributed by atoms with Crippen LogP contribution in [-0.4, -0.2) is 44.6 Å². The molecular weight excluding hydrogens is 308 g/mol. The molecule has 1 aliphatic rings. The van der Waals surface area contributed by atoms with Gasteiger partial charge in [-0.25, -0.2) is 8.42 Å². The molecule has 1 fully saturated rings. The van der Waals surface area contributed by atoms with Crippen LogP contribution in [0.2, 0.25) is 0 Å². The molecule has 5 nitrogen and oxygen atoms in total. The zero-order valence-corrected chi connectivity index (χ0v) is 14.7. The monoisotopic (exact) mass is 332 g/mol. The Hall–Kier alpha value is -0.470. The van der Waals surface area contributed by atoms with Gasteiger partial charge < -0.3 is 10.1 Å². The summed E-state index contributed by atoms with van der Waals surface area (Å²) in [4.78, 5) is 1.37. The predicted octanol–water partition coefficient (Wildman–Crippen LogP) is 1.96. The number of morpholine rings is 1. The largest absolute Gasteiger partial charge is 0.373 e. The van der Waals surface area contributed by atoms with Crippen molar-refractivity contribution in [1.29, 1.82) is 0 Å². The summed E-state index contributed by atoms with van der Waals surface area (Å²) in [5.41, 5.74) is 0.833. The third-order valence-electron chi connectivity index (χ3n) is 3.51. The molecule has 1 saturated heterocycles. The van der Waals surface area contributed by atoms with E-state index < -0.39 is 10.0 Å². The second-order valence-electron chi connectivity index (χ2n) is 5.53. The Balaban J connectivity index is 2.33. The smallest absolute Gasteiger partial charge is 0.244 e. The minimum atomic E-state index is -3.45. The molecule has 0 bridgehead atoms. The lowest BCUT2D eigenvalue weighted by atomic mass is 10.3. The maximum Gasteiger partial charge on any atom is 0.244 e. The molecule has 0 unspecified atom stereocenters. The highest BCUT2D eigenvalue weighted by Crippen LogP contribution is 2.31. The number of ether oxygens (including phenoxy) is 1. The van der Waals surface area contributed by atoms with Crippen LogP contribution < -0.4 is 5.32 Å². The van der Waals surface area contributed by atoms with Crippen LogP contribution in [0, 0.1) is 6.92 Å². The van der Waals surface area contributed by atoms with Crippen LogP contribution in [0.1, 0.15) is 31.2 Å². The van der Waals surface area contributed by atoms with Gasteiger partial charge in [0, 0.05) is 24.5 Å². The van der Waals surface area contributed by atoms with Crippen molar-refractivity contribution in [3.8, 4) is 0 Å². The van der Waals surface area contributed by atoms with E-state index in [1.54, 1.807) is 4.31 Å². The van der Waals surface area contributed by atoms with Gasteiger partial charge >= 0.3 is 0 Å². The van der Waals surface area contributed by atoms with Crippen LogP contribution in [0.5, 0.6) is 0 Å². The number of rotatable bonds is 5. The number of nitrogens with zero attached hydrogens (tertiary/aromatic N) is 1. The summed E-state index contributed by atoms with van der Waals surface area (Å²) < 4.78 is 33.2. The average Bonchev–Trinajstić information content (AvgIpc) is 2.77. The predicted molar refractivity (Wildman–Crippen MR) is 85.2 cm³/mol. The van der Waals surface area contributed by atoms with E-state index in [-0.39, 0.29) is 12.2 Å². The van der Waals surface area contributed by atoms with E-state index >= 15 is 0 Å². The fourth-order valence-electron chi connectivity index (χ4n) is 2.65. The molecule has 1 aliphatic heterocycles. The second-order valence-corrected chi connectivity index (χ2v) is 8.37. The Labute approximate surface area is 131 Å². The van der Waals surface area contributed by atoms with Crippen molar-refractivity contribution in [2.75, 3.05) is 19.6 Å². The fourth-order valence-corrected chi connectivity index (χ4v) is 5.97. The van der Waals surface area contributed by atoms with Gasteiger partial charge in [-0.15, -0.1) is 11.3 Å². The summed E-state index contributed by atoms with van der Waals surface area (Å²) in [5, 5.41) is 5.14. The van der Waals surface area contributed by atoms with Gasteiger partial charge in [0.05, 0.1) is 12.2 Å². The average molecular weight is 332 g/mol. The number of aryl methyl sites for hydroxylation is 1. The number of thiophene rings is 1. The van der Waals surface area contributed by atoms with Crippen molar-refractivity contribution in [3.05, 3.63) is 15.8 Å². The first kappa shape index (κ1) is 16.9. The van der Waals surface area contributed by atoms with Crippen LogP contribution in [-0.2, 0) is 21.3 Å². The minimum Gasteiger partial charge on any atom is -0.373 e. The molecule has 0 amide bonds. The maximum atomic E-state index is 13.0. The molecule has 0 aromatic carbocycles. The van der Waals surface area contributed by atoms with Crippen LogP contribution in [0.4, 0.5) is 0 Å². The summed E-state index contributed by atoms with van der Waals surface area (Å²) in [6, 6.07) is 0. The molecule has 1 aromatic heterocycles. The second kappa shape index (κ2) is 6.75. The van der Waals surface area contributed by atoms with Crippen molar-refractivity contribution in [2.24, 2.45) is 0 Å². The first-order valence-electron chi connectivity index (χ1n) is 7.29. The molecule has 0 aliphatic carbocycles. The Morgan fingerprint density at radius 3 is 2.57 bits per heavy atom. The highest BCUT2D eigenvalue weighted by molar-refractivity contribution is 7.89. The van der Waals surface area contributed by atoms with E-state index in [1.807, 2.05) is 33.1 Å². The first-order chi connectivity index (χ1) is 9.86. The SMILES string of the molecule is CCNCc1scc(C)c1S(=O)(=O)N1C[C@@H](C)O[C@@H](C)C1. The molecule has 2 heterocycles. The van der Waals surface area contributed by atoms with Crippen LogP contribution in [0.3, 0.4) is 0 Å². The third-order valence-corrected chi connectivity index (χ3v) is 6.80. The lowest BCUT2D eigenvalue weighted by Crippen LogP contribution is -2.48. The van der Waals surface area contributed by atoms with E-state index in [1.165, 1.54) is 11.3 Å². The van der Waals surface area contributed by atoms with Gasteiger partial charge in [-0.2, -0.15) is 4.31 Å². The number of hydrogen-bond acceptors (Lipinski definition) is 5. The summed E-state index contributed by atoms with van der Waals surface area (Å²) in [6.07, 6.45) is -0.139. The standard InChI is InChI=1S/C14H24N2O3S2/c1-5-15-6-13-14(10(2)9-20-13)21(17,18)16-7-11(3)19-12(4)8-16/h9,11-12,15H,5-8H2,1-4H3/t11-,12+. The van der Waals surface area contributed by atoms with Gasteiger partial charge in [-0.3, -0.25) is 0 Å². The lowest BCUT2D eigenvalue weighted by molar-refractivity contribution is -0.0441. The molecule has 21 heavy (non-hydrogen) atoms. The summed E-state index contributed by atoms with van der Waals surface area (Å²) >= 11 is 1.51. The zero-order valence-electron chi connectivity index (χ0n) is 13.0. The van der Waals surface area contributed by atoms with Crippen molar-refractivity contribution < 1.29 is 13.2 Å². The summed E-state index contributed by atoms with van der Waals surface area (Å²) in [7, 11) is -3.45. The van der Waals surface area contributed by atoms with E-state index in [2.05, 4.69) is 5.32 Å². The fraction of sp³-hybridized carbons (Fsp3) is 0.714. The maximum absolute atomic E-state index is 13.0. The van der Waals surface area contributed by atoms with E-state index in [4.69, 9.17) is 4.74 Å². The zero-order chi connectivity index (χ0) is 15.6. The van der Waals surface area contributed by atoms with E-state index in [0.29, 0.717) is 24.5 Å². The molecular formula is C14H24N2O3S2. The quantitative estimate of drug-likeness (QED) is 0.895. The highest BCUT2D eigenvalue weighted by atomic mass is 32.2. The van der Waals surface area contributed by atoms with Gasteiger partial charge in [-0.1, -0.05) is 6.92 Å². The highest BCUT2D eigenvalue weighted by Gasteiger charge is 2.34. The van der Waals surface area contributed by atoms with Crippen LogP contribution in [0.15, 0.2) is 10.3 Å². The Bertz CT molecular complexity index is 573. The van der Waals surface area contributed by atoms with Crippen molar-refractivity contribution in [2.45, 2.75) is 51.3 Å². The van der Waals surface area contributed by atoms with E-state index in [9.17, 15) is 8.42 Å². The topological polar surface area (TPSA) is 58.6 Å². The molecule has 0 saturated carbocycles. The number of hydrogen-bond donors (Lipinski definition) is 1.